The molecule has 1 aliphatic carbocycles. The molecule has 1 aromatic heterocycles. The molecule has 41 heavy (non-hydrogen) atoms. The van der Waals surface area contributed by atoms with Crippen molar-refractivity contribution in [1.82, 2.24) is 19.8 Å². The Morgan fingerprint density at radius 3 is 2.49 bits per heavy atom. The van der Waals surface area contributed by atoms with Gasteiger partial charge in [-0.3, -0.25) is 9.69 Å². The van der Waals surface area contributed by atoms with E-state index < -0.39 is 11.7 Å². The van der Waals surface area contributed by atoms with Gasteiger partial charge in [0.25, 0.3) is 5.91 Å². The number of nitrogens with zero attached hydrogens (tertiary/aromatic N) is 6. The number of rotatable bonds is 7. The summed E-state index contributed by atoms with van der Waals surface area (Å²) in [6, 6.07) is 13.8. The number of amides is 1. The fraction of sp³-hybridized carbons (Fsp3) is 0.452. The first kappa shape index (κ1) is 26.5. The Kier molecular flexibility index (Phi) is 6.95. The van der Waals surface area contributed by atoms with E-state index in [-0.39, 0.29) is 0 Å². The lowest BCUT2D eigenvalue weighted by molar-refractivity contribution is -0.128. The standard InChI is InChI=1S/C31H34ClFN6O2/c1-20(33)30(40)37-16-14-36(15-17-37)29-24-11-12-38(27-7-3-5-21-4-2-6-25(32)28(21)27)18-26(24)34-31(35-29)41-19-23-10-13-39(23)22-8-9-22/h2-7,22-23H,1,8-19H2. The Labute approximate surface area is 244 Å². The Morgan fingerprint density at radius 2 is 1.78 bits per heavy atom. The minimum atomic E-state index is -0.918. The highest BCUT2D eigenvalue weighted by molar-refractivity contribution is 6.36. The van der Waals surface area contributed by atoms with Crippen LogP contribution in [0.1, 0.15) is 30.5 Å². The second-order valence-electron chi connectivity index (χ2n) is 11.4. The predicted molar refractivity (Wildman–Crippen MR) is 158 cm³/mol. The second kappa shape index (κ2) is 10.8. The number of hydrogen-bond donors (Lipinski definition) is 0. The van der Waals surface area contributed by atoms with Crippen LogP contribution < -0.4 is 14.5 Å². The quantitative estimate of drug-likeness (QED) is 0.381. The van der Waals surface area contributed by atoms with Gasteiger partial charge in [-0.2, -0.15) is 9.97 Å². The zero-order chi connectivity index (χ0) is 28.1. The number of halogens is 2. The number of hydrogen-bond acceptors (Lipinski definition) is 7. The van der Waals surface area contributed by atoms with Gasteiger partial charge in [0.15, 0.2) is 5.83 Å². The van der Waals surface area contributed by atoms with Gasteiger partial charge in [0.1, 0.15) is 12.4 Å². The molecular weight excluding hydrogens is 543 g/mol. The summed E-state index contributed by atoms with van der Waals surface area (Å²) in [5.74, 6) is -0.693. The number of benzene rings is 2. The van der Waals surface area contributed by atoms with Gasteiger partial charge in [0.2, 0.25) is 0 Å². The smallest absolute Gasteiger partial charge is 0.318 e. The van der Waals surface area contributed by atoms with E-state index in [1.807, 2.05) is 12.1 Å². The molecule has 0 radical (unpaired) electrons. The highest BCUT2D eigenvalue weighted by atomic mass is 35.5. The fourth-order valence-corrected chi connectivity index (χ4v) is 6.73. The molecule has 0 N–H and O–H groups in total. The minimum Gasteiger partial charge on any atom is -0.462 e. The number of aromatic nitrogens is 2. The summed E-state index contributed by atoms with van der Waals surface area (Å²) in [5, 5.41) is 2.89. The molecule has 2 saturated heterocycles. The first-order valence-electron chi connectivity index (χ1n) is 14.6. The van der Waals surface area contributed by atoms with Crippen LogP contribution >= 0.6 is 11.6 Å². The number of likely N-dealkylation sites (tertiary alicyclic amines) is 1. The lowest BCUT2D eigenvalue weighted by Gasteiger charge is -2.41. The summed E-state index contributed by atoms with van der Waals surface area (Å²) < 4.78 is 19.8. The molecule has 10 heteroatoms. The third-order valence-corrected chi connectivity index (χ3v) is 9.22. The van der Waals surface area contributed by atoms with E-state index in [1.165, 1.54) is 17.7 Å². The zero-order valence-electron chi connectivity index (χ0n) is 23.1. The summed E-state index contributed by atoms with van der Waals surface area (Å²) in [6.45, 7) is 8.25. The van der Waals surface area contributed by atoms with E-state index in [1.54, 1.807) is 0 Å². The molecule has 1 unspecified atom stereocenters. The molecule has 0 spiro atoms. The van der Waals surface area contributed by atoms with Crippen LogP contribution in [0.4, 0.5) is 15.9 Å². The van der Waals surface area contributed by atoms with Crippen molar-refractivity contribution in [1.29, 1.82) is 0 Å². The summed E-state index contributed by atoms with van der Waals surface area (Å²) in [7, 11) is 0. The predicted octanol–water partition coefficient (Wildman–Crippen LogP) is 4.59. The van der Waals surface area contributed by atoms with Crippen molar-refractivity contribution in [2.24, 2.45) is 0 Å². The maximum absolute atomic E-state index is 13.5. The molecule has 4 heterocycles. The van der Waals surface area contributed by atoms with E-state index in [0.717, 1.165) is 70.5 Å². The number of carbonyl (C=O) groups excluding carboxylic acids is 1. The summed E-state index contributed by atoms with van der Waals surface area (Å²) in [4.78, 5) is 30.6. The maximum atomic E-state index is 13.5. The molecule has 3 aliphatic heterocycles. The monoisotopic (exact) mass is 576 g/mol. The third-order valence-electron chi connectivity index (χ3n) is 8.90. The lowest BCUT2D eigenvalue weighted by atomic mass is 10.0. The van der Waals surface area contributed by atoms with Gasteiger partial charge < -0.3 is 19.4 Å². The molecule has 7 rings (SSSR count). The number of piperazine rings is 1. The van der Waals surface area contributed by atoms with Crippen LogP contribution in [0, 0.1) is 0 Å². The minimum absolute atomic E-state index is 0.398. The molecule has 4 aliphatic rings. The Morgan fingerprint density at radius 1 is 1.00 bits per heavy atom. The summed E-state index contributed by atoms with van der Waals surface area (Å²) in [6.07, 6.45) is 4.48. The Bertz CT molecular complexity index is 1500. The van der Waals surface area contributed by atoms with Crippen LogP contribution in [0.25, 0.3) is 10.8 Å². The molecule has 1 saturated carbocycles. The van der Waals surface area contributed by atoms with Crippen molar-refractivity contribution in [3.8, 4) is 6.01 Å². The zero-order valence-corrected chi connectivity index (χ0v) is 23.8. The SMILES string of the molecule is C=C(F)C(=O)N1CCN(c2nc(OCC3CCN3C3CC3)nc3c2CCN(c2cccc4cccc(Cl)c24)C3)CC1. The third kappa shape index (κ3) is 5.10. The van der Waals surface area contributed by atoms with Gasteiger partial charge in [-0.05, 0) is 43.2 Å². The molecule has 2 aromatic carbocycles. The van der Waals surface area contributed by atoms with Crippen molar-refractivity contribution in [2.75, 3.05) is 55.7 Å². The molecule has 1 atom stereocenters. The molecule has 0 bridgehead atoms. The Hall–Kier alpha value is -3.43. The molecular formula is C31H34ClFN6O2. The fourth-order valence-electron chi connectivity index (χ4n) is 6.45. The van der Waals surface area contributed by atoms with Gasteiger partial charge in [-0.25, -0.2) is 4.39 Å². The maximum Gasteiger partial charge on any atom is 0.318 e. The number of anilines is 2. The van der Waals surface area contributed by atoms with Crippen LogP contribution in [0.15, 0.2) is 48.8 Å². The molecule has 214 valence electrons. The number of ether oxygens (including phenoxy) is 1. The Balaban J connectivity index is 1.17. The van der Waals surface area contributed by atoms with Crippen molar-refractivity contribution < 1.29 is 13.9 Å². The second-order valence-corrected chi connectivity index (χ2v) is 11.9. The van der Waals surface area contributed by atoms with Crippen molar-refractivity contribution in [3.05, 3.63) is 65.1 Å². The van der Waals surface area contributed by atoms with E-state index in [9.17, 15) is 9.18 Å². The largest absolute Gasteiger partial charge is 0.462 e. The first-order chi connectivity index (χ1) is 20.0. The first-order valence-corrected chi connectivity index (χ1v) is 14.9. The molecule has 3 fully saturated rings. The van der Waals surface area contributed by atoms with E-state index in [0.29, 0.717) is 51.4 Å². The lowest BCUT2D eigenvalue weighted by Crippen LogP contribution is -2.52. The molecule has 3 aromatic rings. The average Bonchev–Trinajstić information content (AvgIpc) is 3.80. The van der Waals surface area contributed by atoms with Crippen LogP contribution in [-0.4, -0.2) is 83.6 Å². The highest BCUT2D eigenvalue weighted by Crippen LogP contribution is 2.38. The van der Waals surface area contributed by atoms with Gasteiger partial charge in [0.05, 0.1) is 17.3 Å². The van der Waals surface area contributed by atoms with Crippen molar-refractivity contribution >= 4 is 39.8 Å². The number of carbonyl (C=O) groups is 1. The van der Waals surface area contributed by atoms with Gasteiger partial charge in [0, 0.05) is 68.0 Å². The number of fused-ring (bicyclic) bond motifs is 2. The van der Waals surface area contributed by atoms with Gasteiger partial charge >= 0.3 is 6.01 Å². The highest BCUT2D eigenvalue weighted by Gasteiger charge is 2.40. The van der Waals surface area contributed by atoms with Gasteiger partial charge in [-0.15, -0.1) is 0 Å². The van der Waals surface area contributed by atoms with Crippen molar-refractivity contribution in [3.63, 3.8) is 0 Å². The van der Waals surface area contributed by atoms with E-state index >= 15 is 0 Å². The molecule has 1 amide bonds. The average molecular weight is 577 g/mol. The van der Waals surface area contributed by atoms with Crippen LogP contribution in [-0.2, 0) is 17.8 Å². The van der Waals surface area contributed by atoms with Crippen LogP contribution in [0.5, 0.6) is 6.01 Å². The topological polar surface area (TPSA) is 65.0 Å². The van der Waals surface area contributed by atoms with Crippen LogP contribution in [0.3, 0.4) is 0 Å². The van der Waals surface area contributed by atoms with E-state index in [4.69, 9.17) is 26.3 Å². The van der Waals surface area contributed by atoms with Crippen LogP contribution in [0.2, 0.25) is 5.02 Å². The normalized spacial score (nSPS) is 21.0. The molecule has 8 nitrogen and oxygen atoms in total. The van der Waals surface area contributed by atoms with Crippen molar-refractivity contribution in [2.45, 2.75) is 44.3 Å². The van der Waals surface area contributed by atoms with E-state index in [2.05, 4.69) is 45.5 Å². The summed E-state index contributed by atoms with van der Waals surface area (Å²) >= 11 is 6.68. The summed E-state index contributed by atoms with van der Waals surface area (Å²) in [5.41, 5.74) is 3.15. The van der Waals surface area contributed by atoms with Gasteiger partial charge in [-0.1, -0.05) is 42.4 Å².